The van der Waals surface area contributed by atoms with Gasteiger partial charge in [0.05, 0.1) is 0 Å². The summed E-state index contributed by atoms with van der Waals surface area (Å²) in [5.74, 6) is 0. The Hall–Kier alpha value is -3.52. The molecule has 0 aliphatic heterocycles. The molecule has 0 spiro atoms. The van der Waals surface area contributed by atoms with Crippen molar-refractivity contribution in [2.45, 2.75) is 174 Å². The van der Waals surface area contributed by atoms with Crippen molar-refractivity contribution in [3.63, 3.8) is 0 Å². The second-order valence-corrected chi connectivity index (χ2v) is 16.1. The maximum Gasteiger partial charge on any atom is 0.0346 e. The lowest BCUT2D eigenvalue weighted by molar-refractivity contribution is 0.579. The number of aryl methyl sites for hydroxylation is 4. The van der Waals surface area contributed by atoms with Crippen LogP contribution in [-0.2, 0) is 38.5 Å². The maximum atomic E-state index is 6.33. The van der Waals surface area contributed by atoms with Crippen LogP contribution < -0.4 is 11.5 Å². The molecular formula is C51H74N2. The normalized spacial score (nSPS) is 11.4. The Kier molecular flexibility index (Phi) is 20.3. The van der Waals surface area contributed by atoms with E-state index < -0.39 is 0 Å². The van der Waals surface area contributed by atoms with Gasteiger partial charge in [0.15, 0.2) is 0 Å². The highest BCUT2D eigenvalue weighted by Gasteiger charge is 2.06. The van der Waals surface area contributed by atoms with E-state index in [0.717, 1.165) is 37.1 Å². The zero-order valence-corrected chi connectivity index (χ0v) is 33.9. The first-order valence-corrected chi connectivity index (χ1v) is 21.9. The van der Waals surface area contributed by atoms with E-state index in [2.05, 4.69) is 98.8 Å². The molecule has 0 atom stereocenters. The van der Waals surface area contributed by atoms with Crippen LogP contribution in [0, 0.1) is 0 Å². The largest absolute Gasteiger partial charge is 0.399 e. The molecule has 0 aliphatic carbocycles. The molecule has 0 heterocycles. The first kappa shape index (κ1) is 42.2. The molecule has 288 valence electrons. The van der Waals surface area contributed by atoms with Crippen molar-refractivity contribution < 1.29 is 0 Å². The van der Waals surface area contributed by atoms with Gasteiger partial charge >= 0.3 is 0 Å². The number of unbranched alkanes of at least 4 members (excludes halogenated alkanes) is 16. The molecule has 0 saturated heterocycles. The summed E-state index contributed by atoms with van der Waals surface area (Å²) in [5, 5.41) is 0. The second-order valence-electron chi connectivity index (χ2n) is 16.1. The van der Waals surface area contributed by atoms with E-state index in [0.29, 0.717) is 0 Å². The number of hydrogen-bond donors (Lipinski definition) is 2. The monoisotopic (exact) mass is 715 g/mol. The summed E-state index contributed by atoms with van der Waals surface area (Å²) >= 11 is 0. The highest BCUT2D eigenvalue weighted by Crippen LogP contribution is 2.23. The lowest BCUT2D eigenvalue weighted by Crippen LogP contribution is -1.98. The molecular weight excluding hydrogens is 641 g/mol. The number of hydrogen-bond acceptors (Lipinski definition) is 2. The standard InChI is InChI=1S/C51H74N2/c1-3-5-7-9-16-20-24-48-40-46(34-36-50(48)52)38-44-30-26-42(27-31-44)22-18-14-12-11-13-15-19-23-43-28-32-45(33-29-43)39-47-35-37-51(53)49(41-47)25-21-17-10-8-6-4-2/h26-37,40-41H,3-25,38-39,52-53H2,1-2H3. The summed E-state index contributed by atoms with van der Waals surface area (Å²) in [6.45, 7) is 4.56. The third kappa shape index (κ3) is 17.0. The van der Waals surface area contributed by atoms with Gasteiger partial charge in [-0.1, -0.05) is 183 Å². The van der Waals surface area contributed by atoms with Crippen molar-refractivity contribution >= 4 is 11.4 Å². The molecule has 4 aromatic carbocycles. The molecule has 4 N–H and O–H groups in total. The minimum Gasteiger partial charge on any atom is -0.399 e. The van der Waals surface area contributed by atoms with Gasteiger partial charge in [-0.15, -0.1) is 0 Å². The first-order chi connectivity index (χ1) is 26.0. The van der Waals surface area contributed by atoms with Crippen molar-refractivity contribution in [2.75, 3.05) is 11.5 Å². The molecule has 4 rings (SSSR count). The van der Waals surface area contributed by atoms with Crippen LogP contribution in [0.3, 0.4) is 0 Å². The van der Waals surface area contributed by atoms with E-state index in [-0.39, 0.29) is 0 Å². The minimum atomic E-state index is 0.956. The topological polar surface area (TPSA) is 52.0 Å². The predicted molar refractivity (Wildman–Crippen MR) is 234 cm³/mol. The van der Waals surface area contributed by atoms with Crippen LogP contribution in [0.2, 0.25) is 0 Å². The molecule has 0 bridgehead atoms. The molecule has 0 radical (unpaired) electrons. The molecule has 0 amide bonds. The lowest BCUT2D eigenvalue weighted by Gasteiger charge is -2.10. The van der Waals surface area contributed by atoms with Crippen molar-refractivity contribution in [1.29, 1.82) is 0 Å². The molecule has 0 fully saturated rings. The quantitative estimate of drug-likeness (QED) is 0.0454. The Bertz CT molecular complexity index is 1420. The van der Waals surface area contributed by atoms with Gasteiger partial charge in [0.2, 0.25) is 0 Å². The zero-order chi connectivity index (χ0) is 37.4. The second kappa shape index (κ2) is 25.5. The lowest BCUT2D eigenvalue weighted by atomic mass is 9.97. The molecule has 0 aromatic heterocycles. The average Bonchev–Trinajstić information content (AvgIpc) is 3.17. The summed E-state index contributed by atoms with van der Waals surface area (Å²) in [5.41, 5.74) is 25.7. The van der Waals surface area contributed by atoms with Crippen LogP contribution in [0.25, 0.3) is 0 Å². The number of nitrogen functional groups attached to an aromatic ring is 2. The Labute approximate surface area is 325 Å². The van der Waals surface area contributed by atoms with Gasteiger partial charge in [-0.05, 0) is 121 Å². The number of benzene rings is 4. The highest BCUT2D eigenvalue weighted by molar-refractivity contribution is 5.50. The molecule has 0 saturated carbocycles. The van der Waals surface area contributed by atoms with Crippen LogP contribution in [0.5, 0.6) is 0 Å². The van der Waals surface area contributed by atoms with Gasteiger partial charge in [-0.25, -0.2) is 0 Å². The fourth-order valence-electron chi connectivity index (χ4n) is 7.82. The fourth-order valence-corrected chi connectivity index (χ4v) is 7.82. The van der Waals surface area contributed by atoms with Crippen LogP contribution >= 0.6 is 0 Å². The summed E-state index contributed by atoms with van der Waals surface area (Å²) in [6, 6.07) is 32.1. The van der Waals surface area contributed by atoms with Crippen LogP contribution in [0.4, 0.5) is 11.4 Å². The van der Waals surface area contributed by atoms with E-state index in [1.807, 2.05) is 0 Å². The van der Waals surface area contributed by atoms with Gasteiger partial charge in [0, 0.05) is 11.4 Å². The Morgan fingerprint density at radius 2 is 0.585 bits per heavy atom. The summed E-state index contributed by atoms with van der Waals surface area (Å²) in [6.07, 6.45) is 31.8. The average molecular weight is 715 g/mol. The van der Waals surface area contributed by atoms with Gasteiger partial charge in [-0.3, -0.25) is 0 Å². The number of anilines is 2. The summed E-state index contributed by atoms with van der Waals surface area (Å²) in [4.78, 5) is 0. The van der Waals surface area contributed by atoms with E-state index in [9.17, 15) is 0 Å². The smallest absolute Gasteiger partial charge is 0.0346 e. The van der Waals surface area contributed by atoms with E-state index in [1.165, 1.54) is 179 Å². The fraction of sp³-hybridized carbons (Fsp3) is 0.529. The SMILES string of the molecule is CCCCCCCCc1cc(Cc2ccc(CCCCCCCCCc3ccc(Cc4ccc(N)c(CCCCCCCC)c4)cc3)cc2)ccc1N. The van der Waals surface area contributed by atoms with Crippen molar-refractivity contribution in [3.8, 4) is 0 Å². The van der Waals surface area contributed by atoms with Crippen molar-refractivity contribution in [1.82, 2.24) is 0 Å². The maximum absolute atomic E-state index is 6.33. The Morgan fingerprint density at radius 3 is 0.943 bits per heavy atom. The van der Waals surface area contributed by atoms with Gasteiger partial charge in [-0.2, -0.15) is 0 Å². The van der Waals surface area contributed by atoms with E-state index in [1.54, 1.807) is 0 Å². The first-order valence-electron chi connectivity index (χ1n) is 21.9. The van der Waals surface area contributed by atoms with Crippen LogP contribution in [-0.4, -0.2) is 0 Å². The van der Waals surface area contributed by atoms with Gasteiger partial charge < -0.3 is 11.5 Å². The highest BCUT2D eigenvalue weighted by atomic mass is 14.6. The number of nitrogens with two attached hydrogens (primary N) is 2. The van der Waals surface area contributed by atoms with E-state index >= 15 is 0 Å². The predicted octanol–water partition coefficient (Wildman–Crippen LogP) is 14.4. The molecule has 4 aromatic rings. The molecule has 2 nitrogen and oxygen atoms in total. The number of rotatable bonds is 28. The van der Waals surface area contributed by atoms with Crippen LogP contribution in [0.15, 0.2) is 84.9 Å². The van der Waals surface area contributed by atoms with Gasteiger partial charge in [0.25, 0.3) is 0 Å². The zero-order valence-electron chi connectivity index (χ0n) is 33.9. The minimum absolute atomic E-state index is 0.956. The Balaban J connectivity index is 1.04. The third-order valence-corrected chi connectivity index (χ3v) is 11.3. The van der Waals surface area contributed by atoms with Gasteiger partial charge in [0.1, 0.15) is 0 Å². The third-order valence-electron chi connectivity index (χ3n) is 11.3. The molecule has 0 aliphatic rings. The summed E-state index contributed by atoms with van der Waals surface area (Å²) in [7, 11) is 0. The van der Waals surface area contributed by atoms with E-state index in [4.69, 9.17) is 11.5 Å². The van der Waals surface area contributed by atoms with Crippen molar-refractivity contribution in [3.05, 3.63) is 129 Å². The molecule has 2 heteroatoms. The van der Waals surface area contributed by atoms with Crippen LogP contribution in [0.1, 0.15) is 180 Å². The van der Waals surface area contributed by atoms with Crippen molar-refractivity contribution in [2.24, 2.45) is 0 Å². The molecule has 0 unspecified atom stereocenters. The Morgan fingerprint density at radius 1 is 0.302 bits per heavy atom. The molecule has 53 heavy (non-hydrogen) atoms. The summed E-state index contributed by atoms with van der Waals surface area (Å²) < 4.78 is 0.